The van der Waals surface area contributed by atoms with Gasteiger partial charge in [0.2, 0.25) is 0 Å². The highest BCUT2D eigenvalue weighted by molar-refractivity contribution is 7.81. The molecular weight excluding hydrogens is 512 g/mol. The first-order chi connectivity index (χ1) is 18.7. The molecule has 1 saturated heterocycles. The Morgan fingerprint density at radius 1 is 0.795 bits per heavy atom. The number of rotatable bonds is 5. The minimum Gasteiger partial charge on any atom is -0.478 e. The van der Waals surface area contributed by atoms with E-state index in [0.717, 1.165) is 16.7 Å². The number of carbonyl (C=O) groups excluding carboxylic acids is 2. The molecular formula is C31H24N2O5S. The molecule has 1 aliphatic heterocycles. The van der Waals surface area contributed by atoms with Crippen molar-refractivity contribution in [3.63, 3.8) is 0 Å². The van der Waals surface area contributed by atoms with Crippen LogP contribution < -0.4 is 9.80 Å². The monoisotopic (exact) mass is 536 g/mol. The summed E-state index contributed by atoms with van der Waals surface area (Å²) in [4.78, 5) is 41.5. The van der Waals surface area contributed by atoms with Crippen LogP contribution in [-0.4, -0.2) is 28.0 Å². The third kappa shape index (κ3) is 4.78. The minimum absolute atomic E-state index is 0.0610. The number of hydrogen-bond acceptors (Lipinski definition) is 5. The molecule has 0 bridgehead atoms. The van der Waals surface area contributed by atoms with Crippen LogP contribution in [0.15, 0.2) is 88.9 Å². The summed E-state index contributed by atoms with van der Waals surface area (Å²) in [6.45, 7) is 5.71. The summed E-state index contributed by atoms with van der Waals surface area (Å²) < 4.78 is 6.00. The van der Waals surface area contributed by atoms with Gasteiger partial charge in [-0.1, -0.05) is 30.3 Å². The Hall–Kier alpha value is -4.82. The number of furan rings is 1. The Bertz CT molecular complexity index is 1690. The van der Waals surface area contributed by atoms with Gasteiger partial charge < -0.3 is 9.52 Å². The van der Waals surface area contributed by atoms with Gasteiger partial charge in [-0.15, -0.1) is 0 Å². The summed E-state index contributed by atoms with van der Waals surface area (Å²) in [6.07, 6.45) is 1.42. The molecule has 7 nitrogen and oxygen atoms in total. The van der Waals surface area contributed by atoms with Crippen LogP contribution in [0, 0.1) is 20.8 Å². The summed E-state index contributed by atoms with van der Waals surface area (Å²) in [6, 6.07) is 22.6. The van der Waals surface area contributed by atoms with E-state index in [1.165, 1.54) is 21.9 Å². The second-order valence-corrected chi connectivity index (χ2v) is 9.63. The van der Waals surface area contributed by atoms with Crippen LogP contribution in [0.1, 0.15) is 32.8 Å². The van der Waals surface area contributed by atoms with Crippen molar-refractivity contribution < 1.29 is 23.9 Å². The third-order valence-electron chi connectivity index (χ3n) is 6.66. The molecule has 1 aromatic heterocycles. The third-order valence-corrected chi connectivity index (χ3v) is 7.03. The van der Waals surface area contributed by atoms with Gasteiger partial charge in [-0.3, -0.25) is 19.4 Å². The summed E-state index contributed by atoms with van der Waals surface area (Å²) in [5.41, 5.74) is 4.63. The highest BCUT2D eigenvalue weighted by Crippen LogP contribution is 2.32. The van der Waals surface area contributed by atoms with E-state index < -0.39 is 17.8 Å². The van der Waals surface area contributed by atoms with Crippen molar-refractivity contribution in [2.24, 2.45) is 0 Å². The second kappa shape index (κ2) is 10.2. The highest BCUT2D eigenvalue weighted by Gasteiger charge is 2.41. The number of benzene rings is 3. The standard InChI is InChI=1S/C31H24N2O5S/c1-18-9-11-23(16-19(18)2)33-29(35)26(28(34)32(31(33)39)22-7-5-4-6-8-22)17-24-12-14-27(38-24)25-13-10-21(30(36)37)15-20(25)3/h4-17H,1-3H3,(H,36,37)/b26-17-. The molecule has 0 aliphatic carbocycles. The number of carboxylic acids is 1. The van der Waals surface area contributed by atoms with E-state index in [2.05, 4.69) is 0 Å². The van der Waals surface area contributed by atoms with Crippen molar-refractivity contribution in [3.05, 3.63) is 112 Å². The second-order valence-electron chi connectivity index (χ2n) is 9.26. The molecule has 0 radical (unpaired) electrons. The molecule has 2 heterocycles. The molecule has 1 fully saturated rings. The van der Waals surface area contributed by atoms with Crippen molar-refractivity contribution in [2.45, 2.75) is 20.8 Å². The van der Waals surface area contributed by atoms with Gasteiger partial charge in [0, 0.05) is 5.56 Å². The maximum atomic E-state index is 13.8. The number of carboxylic acid groups (broad SMARTS) is 1. The summed E-state index contributed by atoms with van der Waals surface area (Å²) >= 11 is 5.69. The maximum Gasteiger partial charge on any atom is 0.335 e. The zero-order valence-electron chi connectivity index (χ0n) is 21.5. The quantitative estimate of drug-likeness (QED) is 0.182. The Kier molecular flexibility index (Phi) is 6.72. The summed E-state index contributed by atoms with van der Waals surface area (Å²) in [5, 5.41) is 9.31. The van der Waals surface area contributed by atoms with E-state index in [0.29, 0.717) is 28.5 Å². The summed E-state index contributed by atoms with van der Waals surface area (Å²) in [7, 11) is 0. The molecule has 8 heteroatoms. The smallest absolute Gasteiger partial charge is 0.335 e. The molecule has 194 valence electrons. The van der Waals surface area contributed by atoms with Crippen molar-refractivity contribution in [2.75, 3.05) is 9.80 Å². The molecule has 1 aliphatic rings. The number of carbonyl (C=O) groups is 3. The number of para-hydroxylation sites is 1. The Balaban J connectivity index is 1.58. The zero-order valence-corrected chi connectivity index (χ0v) is 22.3. The fraction of sp³-hybridized carbons (Fsp3) is 0.0968. The normalized spacial score (nSPS) is 14.8. The van der Waals surface area contributed by atoms with Gasteiger partial charge in [0.15, 0.2) is 5.11 Å². The van der Waals surface area contributed by atoms with Crippen LogP contribution in [0.3, 0.4) is 0 Å². The largest absolute Gasteiger partial charge is 0.478 e. The van der Waals surface area contributed by atoms with E-state index in [1.807, 2.05) is 32.0 Å². The average molecular weight is 537 g/mol. The first-order valence-electron chi connectivity index (χ1n) is 12.2. The highest BCUT2D eigenvalue weighted by atomic mass is 32.1. The lowest BCUT2D eigenvalue weighted by Gasteiger charge is -2.36. The van der Waals surface area contributed by atoms with E-state index in [4.69, 9.17) is 16.6 Å². The Morgan fingerprint density at radius 2 is 1.49 bits per heavy atom. The molecule has 0 atom stereocenters. The number of thiocarbonyl (C=S) groups is 1. The first-order valence-corrected chi connectivity index (χ1v) is 12.6. The number of aryl methyl sites for hydroxylation is 3. The topological polar surface area (TPSA) is 91.1 Å². The molecule has 0 unspecified atom stereocenters. The van der Waals surface area contributed by atoms with E-state index in [-0.39, 0.29) is 16.2 Å². The van der Waals surface area contributed by atoms with Gasteiger partial charge in [-0.05, 0) is 104 Å². The van der Waals surface area contributed by atoms with E-state index >= 15 is 0 Å². The van der Waals surface area contributed by atoms with Crippen molar-refractivity contribution in [1.29, 1.82) is 0 Å². The van der Waals surface area contributed by atoms with Gasteiger partial charge in [0.25, 0.3) is 11.8 Å². The van der Waals surface area contributed by atoms with Crippen LogP contribution in [0.4, 0.5) is 11.4 Å². The SMILES string of the molecule is Cc1ccc(N2C(=O)/C(=C\c3ccc(-c4ccc(C(=O)O)cc4C)o3)C(=O)N(c3ccccc3)C2=S)cc1C. The molecule has 0 spiro atoms. The van der Waals surface area contributed by atoms with Gasteiger partial charge in [0.1, 0.15) is 17.1 Å². The van der Waals surface area contributed by atoms with Crippen LogP contribution >= 0.6 is 12.2 Å². The van der Waals surface area contributed by atoms with Crippen LogP contribution in [0.5, 0.6) is 0 Å². The predicted octanol–water partition coefficient (Wildman–Crippen LogP) is 6.32. The average Bonchev–Trinajstić information content (AvgIpc) is 3.37. The molecule has 39 heavy (non-hydrogen) atoms. The lowest BCUT2D eigenvalue weighted by molar-refractivity contribution is -0.120. The van der Waals surface area contributed by atoms with Crippen LogP contribution in [0.2, 0.25) is 0 Å². The number of nitrogens with zero attached hydrogens (tertiary/aromatic N) is 2. The lowest BCUT2D eigenvalue weighted by Crippen LogP contribution is -2.57. The van der Waals surface area contributed by atoms with Gasteiger partial charge in [-0.2, -0.15) is 0 Å². The molecule has 1 N–H and O–H groups in total. The molecule has 3 aromatic carbocycles. The number of amides is 2. The van der Waals surface area contributed by atoms with Crippen LogP contribution in [-0.2, 0) is 9.59 Å². The van der Waals surface area contributed by atoms with Gasteiger partial charge in [0.05, 0.1) is 16.9 Å². The van der Waals surface area contributed by atoms with E-state index in [1.54, 1.807) is 61.5 Å². The van der Waals surface area contributed by atoms with Crippen molar-refractivity contribution in [3.8, 4) is 11.3 Å². The number of aromatic carboxylic acids is 1. The van der Waals surface area contributed by atoms with Crippen molar-refractivity contribution >= 4 is 52.6 Å². The fourth-order valence-corrected chi connectivity index (χ4v) is 4.79. The lowest BCUT2D eigenvalue weighted by atomic mass is 10.0. The molecule has 5 rings (SSSR count). The zero-order chi connectivity index (χ0) is 27.8. The van der Waals surface area contributed by atoms with Gasteiger partial charge in [-0.25, -0.2) is 4.79 Å². The van der Waals surface area contributed by atoms with E-state index in [9.17, 15) is 19.5 Å². The van der Waals surface area contributed by atoms with Crippen LogP contribution in [0.25, 0.3) is 17.4 Å². The van der Waals surface area contributed by atoms with Crippen molar-refractivity contribution in [1.82, 2.24) is 0 Å². The maximum absolute atomic E-state index is 13.8. The first kappa shape index (κ1) is 25.8. The minimum atomic E-state index is -1.02. The summed E-state index contributed by atoms with van der Waals surface area (Å²) in [5.74, 6) is -1.35. The predicted molar refractivity (Wildman–Crippen MR) is 154 cm³/mol. The Labute approximate surface area is 230 Å². The molecule has 4 aromatic rings. The fourth-order valence-electron chi connectivity index (χ4n) is 4.42. The number of hydrogen-bond donors (Lipinski definition) is 1. The molecule has 2 amide bonds. The Morgan fingerprint density at radius 3 is 2.13 bits per heavy atom. The van der Waals surface area contributed by atoms with Gasteiger partial charge >= 0.3 is 5.97 Å². The molecule has 0 saturated carbocycles. The number of anilines is 2.